The average molecular weight is 274 g/mol. The molecule has 0 aliphatic heterocycles. The van der Waals surface area contributed by atoms with Gasteiger partial charge in [-0.05, 0) is 24.3 Å². The van der Waals surface area contributed by atoms with Crippen molar-refractivity contribution in [3.8, 4) is 0 Å². The second-order valence-electron chi connectivity index (χ2n) is 3.99. The number of aliphatic carboxylic acids is 1. The molecular formula is C14H11FN2O3. The number of halogens is 1. The van der Waals surface area contributed by atoms with Gasteiger partial charge in [0.05, 0.1) is 5.56 Å². The molecule has 1 amide bonds. The second-order valence-corrected chi connectivity index (χ2v) is 3.99. The third-order valence-corrected chi connectivity index (χ3v) is 2.58. The van der Waals surface area contributed by atoms with Gasteiger partial charge in [-0.15, -0.1) is 0 Å². The van der Waals surface area contributed by atoms with Crippen LogP contribution in [0.5, 0.6) is 0 Å². The first kappa shape index (κ1) is 13.7. The van der Waals surface area contributed by atoms with Gasteiger partial charge in [-0.1, -0.05) is 18.2 Å². The summed E-state index contributed by atoms with van der Waals surface area (Å²) in [4.78, 5) is 27.7. The van der Waals surface area contributed by atoms with Gasteiger partial charge in [0.2, 0.25) is 5.95 Å². The summed E-state index contributed by atoms with van der Waals surface area (Å²) in [5, 5.41) is 8.92. The maximum absolute atomic E-state index is 12.8. The Morgan fingerprint density at radius 2 is 1.85 bits per heavy atom. The fourth-order valence-electron chi connectivity index (χ4n) is 1.68. The monoisotopic (exact) mass is 274 g/mol. The molecule has 102 valence electrons. The van der Waals surface area contributed by atoms with Crippen molar-refractivity contribution in [1.82, 2.24) is 4.98 Å². The largest absolute Gasteiger partial charge is 0.480 e. The van der Waals surface area contributed by atoms with Gasteiger partial charge in [0.25, 0.3) is 5.91 Å². The highest BCUT2D eigenvalue weighted by atomic mass is 19.1. The zero-order valence-electron chi connectivity index (χ0n) is 10.4. The van der Waals surface area contributed by atoms with Crippen molar-refractivity contribution in [3.63, 3.8) is 0 Å². The molecule has 0 fully saturated rings. The Morgan fingerprint density at radius 1 is 1.15 bits per heavy atom. The van der Waals surface area contributed by atoms with Crippen LogP contribution < -0.4 is 4.90 Å². The minimum atomic E-state index is -1.14. The van der Waals surface area contributed by atoms with Crippen molar-refractivity contribution in [2.24, 2.45) is 0 Å². The Morgan fingerprint density at radius 3 is 2.40 bits per heavy atom. The predicted molar refractivity (Wildman–Crippen MR) is 69.9 cm³/mol. The number of aromatic nitrogens is 1. The summed E-state index contributed by atoms with van der Waals surface area (Å²) in [6.45, 7) is -0.486. The van der Waals surface area contributed by atoms with Gasteiger partial charge in [-0.3, -0.25) is 14.5 Å². The van der Waals surface area contributed by atoms with Crippen LogP contribution in [0.1, 0.15) is 10.4 Å². The van der Waals surface area contributed by atoms with Crippen molar-refractivity contribution in [1.29, 1.82) is 0 Å². The number of carbonyl (C=O) groups is 2. The SMILES string of the molecule is O=C(O)CN(C(=O)c1ccc(F)nc1)c1ccccc1. The van der Waals surface area contributed by atoms with Gasteiger partial charge >= 0.3 is 5.97 Å². The van der Waals surface area contributed by atoms with Crippen LogP contribution in [-0.4, -0.2) is 28.5 Å². The molecule has 0 radical (unpaired) electrons. The lowest BCUT2D eigenvalue weighted by molar-refractivity contribution is -0.135. The highest BCUT2D eigenvalue weighted by molar-refractivity contribution is 6.07. The zero-order chi connectivity index (χ0) is 14.5. The van der Waals surface area contributed by atoms with E-state index in [4.69, 9.17) is 5.11 Å². The first-order chi connectivity index (χ1) is 9.58. The molecule has 2 aromatic rings. The van der Waals surface area contributed by atoms with Gasteiger partial charge in [-0.25, -0.2) is 4.98 Å². The Hall–Kier alpha value is -2.76. The minimum Gasteiger partial charge on any atom is -0.480 e. The number of benzene rings is 1. The molecule has 0 saturated heterocycles. The number of hydrogen-bond donors (Lipinski definition) is 1. The van der Waals surface area contributed by atoms with Crippen LogP contribution in [0.15, 0.2) is 48.7 Å². The molecular weight excluding hydrogens is 263 g/mol. The van der Waals surface area contributed by atoms with Gasteiger partial charge < -0.3 is 5.11 Å². The van der Waals surface area contributed by atoms with Crippen LogP contribution >= 0.6 is 0 Å². The molecule has 2 rings (SSSR count). The minimum absolute atomic E-state index is 0.122. The summed E-state index contributed by atoms with van der Waals surface area (Å²) in [6, 6.07) is 10.7. The van der Waals surface area contributed by atoms with E-state index in [0.29, 0.717) is 5.69 Å². The highest BCUT2D eigenvalue weighted by Gasteiger charge is 2.20. The molecule has 1 heterocycles. The fourth-order valence-corrected chi connectivity index (χ4v) is 1.68. The molecule has 1 aromatic carbocycles. The summed E-state index contributed by atoms with van der Waals surface area (Å²) in [6.07, 6.45) is 1.08. The van der Waals surface area contributed by atoms with E-state index in [-0.39, 0.29) is 5.56 Å². The van der Waals surface area contributed by atoms with Crippen molar-refractivity contribution in [2.75, 3.05) is 11.4 Å². The quantitative estimate of drug-likeness (QED) is 0.865. The van der Waals surface area contributed by atoms with E-state index in [1.54, 1.807) is 30.3 Å². The van der Waals surface area contributed by atoms with E-state index in [2.05, 4.69) is 4.98 Å². The summed E-state index contributed by atoms with van der Waals surface area (Å²) in [5.74, 6) is -2.39. The standard InChI is InChI=1S/C14H11FN2O3/c15-12-7-6-10(8-16-12)14(20)17(9-13(18)19)11-4-2-1-3-5-11/h1-8H,9H2,(H,18,19). The van der Waals surface area contributed by atoms with Crippen molar-refractivity contribution < 1.29 is 19.1 Å². The molecule has 0 atom stereocenters. The van der Waals surface area contributed by atoms with E-state index in [1.165, 1.54) is 6.07 Å². The smallest absolute Gasteiger partial charge is 0.323 e. The Bertz CT molecular complexity index is 614. The van der Waals surface area contributed by atoms with Crippen LogP contribution in [0.25, 0.3) is 0 Å². The highest BCUT2D eigenvalue weighted by Crippen LogP contribution is 2.16. The van der Waals surface area contributed by atoms with E-state index >= 15 is 0 Å². The molecule has 0 bridgehead atoms. The maximum atomic E-state index is 12.8. The molecule has 20 heavy (non-hydrogen) atoms. The number of carboxylic acid groups (broad SMARTS) is 1. The van der Waals surface area contributed by atoms with Gasteiger partial charge in [0.1, 0.15) is 6.54 Å². The predicted octanol–water partition coefficient (Wildman–Crippen LogP) is 1.95. The van der Waals surface area contributed by atoms with Crippen LogP contribution in [0.2, 0.25) is 0 Å². The van der Waals surface area contributed by atoms with Gasteiger partial charge in [-0.2, -0.15) is 4.39 Å². The third kappa shape index (κ3) is 3.17. The zero-order valence-corrected chi connectivity index (χ0v) is 10.4. The number of para-hydroxylation sites is 1. The molecule has 6 heteroatoms. The van der Waals surface area contributed by atoms with Crippen molar-refractivity contribution >= 4 is 17.6 Å². The molecule has 0 saturated carbocycles. The van der Waals surface area contributed by atoms with E-state index in [1.807, 2.05) is 0 Å². The maximum Gasteiger partial charge on any atom is 0.323 e. The number of anilines is 1. The van der Waals surface area contributed by atoms with Gasteiger partial charge in [0.15, 0.2) is 0 Å². The molecule has 5 nitrogen and oxygen atoms in total. The topological polar surface area (TPSA) is 70.5 Å². The summed E-state index contributed by atoms with van der Waals surface area (Å²) >= 11 is 0. The first-order valence-electron chi connectivity index (χ1n) is 5.78. The number of nitrogens with zero attached hydrogens (tertiary/aromatic N) is 2. The number of rotatable bonds is 4. The van der Waals surface area contributed by atoms with Gasteiger partial charge in [0, 0.05) is 11.9 Å². The number of carbonyl (C=O) groups excluding carboxylic acids is 1. The third-order valence-electron chi connectivity index (χ3n) is 2.58. The van der Waals surface area contributed by atoms with Crippen LogP contribution in [0.4, 0.5) is 10.1 Å². The average Bonchev–Trinajstić information content (AvgIpc) is 2.45. The Kier molecular flexibility index (Phi) is 4.05. The lowest BCUT2D eigenvalue weighted by atomic mass is 10.2. The van der Waals surface area contributed by atoms with Crippen LogP contribution in [0.3, 0.4) is 0 Å². The van der Waals surface area contributed by atoms with E-state index in [9.17, 15) is 14.0 Å². The van der Waals surface area contributed by atoms with Crippen LogP contribution in [-0.2, 0) is 4.79 Å². The normalized spacial score (nSPS) is 10.1. The number of hydrogen-bond acceptors (Lipinski definition) is 3. The number of amides is 1. The second kappa shape index (κ2) is 5.92. The number of carboxylic acids is 1. The molecule has 1 aromatic heterocycles. The Balaban J connectivity index is 2.34. The van der Waals surface area contributed by atoms with E-state index in [0.717, 1.165) is 17.2 Å². The van der Waals surface area contributed by atoms with Crippen LogP contribution in [0, 0.1) is 5.95 Å². The molecule has 1 N–H and O–H groups in total. The number of pyridine rings is 1. The lowest BCUT2D eigenvalue weighted by Crippen LogP contribution is -2.35. The molecule has 0 spiro atoms. The van der Waals surface area contributed by atoms with Crippen molar-refractivity contribution in [3.05, 3.63) is 60.2 Å². The lowest BCUT2D eigenvalue weighted by Gasteiger charge is -2.20. The molecule has 0 aliphatic carbocycles. The molecule has 0 aliphatic rings. The molecule has 0 unspecified atom stereocenters. The first-order valence-corrected chi connectivity index (χ1v) is 5.78. The van der Waals surface area contributed by atoms with Crippen molar-refractivity contribution in [2.45, 2.75) is 0 Å². The summed E-state index contributed by atoms with van der Waals surface area (Å²) < 4.78 is 12.8. The van der Waals surface area contributed by atoms with E-state index < -0.39 is 24.4 Å². The fraction of sp³-hybridized carbons (Fsp3) is 0.0714. The Labute approximate surface area is 114 Å². The summed E-state index contributed by atoms with van der Waals surface area (Å²) in [7, 11) is 0. The summed E-state index contributed by atoms with van der Waals surface area (Å²) in [5.41, 5.74) is 0.570.